The van der Waals surface area contributed by atoms with Crippen LogP contribution >= 0.6 is 11.3 Å². The summed E-state index contributed by atoms with van der Waals surface area (Å²) in [6.07, 6.45) is 8.61. The van der Waals surface area contributed by atoms with Gasteiger partial charge in [-0.25, -0.2) is 9.97 Å². The number of hydrogen-bond acceptors (Lipinski definition) is 6. The molecule has 0 spiro atoms. The lowest BCUT2D eigenvalue weighted by molar-refractivity contribution is 0.538. The molecule has 1 aliphatic carbocycles. The molecule has 5 nitrogen and oxygen atoms in total. The first-order valence-electron chi connectivity index (χ1n) is 13.3. The molecule has 0 atom stereocenters. The second-order valence-corrected chi connectivity index (χ2v) is 11.1. The molecule has 1 aliphatic rings. The van der Waals surface area contributed by atoms with Crippen LogP contribution in [0.2, 0.25) is 0 Å². The standard InChI is InChI=1S/C33H35N5S/c1-6-20-38(5)24(4)25-14-16-27(17-15-25)36-33-34-19-18-30(37-33)28-11-9-12-29(22(28)2)35-23(3)32-21-26-10-7-8-13-31(26)39-32/h6,9,11-12,14-19,21,35H,1,3-4,7-8,10,13,20H2,2,5H3,(H,34,36,37). The topological polar surface area (TPSA) is 53.1 Å². The van der Waals surface area contributed by atoms with Gasteiger partial charge in [0, 0.05) is 53.0 Å². The number of nitrogens with zero attached hydrogens (tertiary/aromatic N) is 3. The number of anilines is 3. The Morgan fingerprint density at radius 1 is 1.08 bits per heavy atom. The van der Waals surface area contributed by atoms with Gasteiger partial charge in [-0.15, -0.1) is 17.9 Å². The lowest BCUT2D eigenvalue weighted by atomic mass is 9.99. The summed E-state index contributed by atoms with van der Waals surface area (Å²) in [6.45, 7) is 15.2. The van der Waals surface area contributed by atoms with E-state index in [0.29, 0.717) is 5.95 Å². The lowest BCUT2D eigenvalue weighted by Gasteiger charge is -2.20. The molecule has 2 aromatic carbocycles. The van der Waals surface area contributed by atoms with Crippen molar-refractivity contribution in [2.24, 2.45) is 0 Å². The van der Waals surface area contributed by atoms with Gasteiger partial charge in [-0.3, -0.25) is 0 Å². The maximum atomic E-state index is 4.82. The summed E-state index contributed by atoms with van der Waals surface area (Å²) >= 11 is 1.88. The van der Waals surface area contributed by atoms with Crippen molar-refractivity contribution in [1.29, 1.82) is 0 Å². The quantitative estimate of drug-likeness (QED) is 0.201. The summed E-state index contributed by atoms with van der Waals surface area (Å²) in [4.78, 5) is 14.1. The molecule has 0 radical (unpaired) electrons. The second-order valence-electron chi connectivity index (χ2n) is 9.93. The maximum Gasteiger partial charge on any atom is 0.227 e. The van der Waals surface area contributed by atoms with Crippen LogP contribution in [0.25, 0.3) is 22.7 Å². The van der Waals surface area contributed by atoms with Crippen LogP contribution in [0.3, 0.4) is 0 Å². The van der Waals surface area contributed by atoms with Gasteiger partial charge in [-0.05, 0) is 79.6 Å². The molecule has 0 saturated carbocycles. The molecule has 0 amide bonds. The summed E-state index contributed by atoms with van der Waals surface area (Å²) < 4.78 is 0. The third kappa shape index (κ3) is 5.96. The van der Waals surface area contributed by atoms with Gasteiger partial charge in [0.2, 0.25) is 5.95 Å². The van der Waals surface area contributed by atoms with E-state index in [1.807, 2.05) is 54.8 Å². The molecule has 5 rings (SSSR count). The van der Waals surface area contributed by atoms with Crippen LogP contribution < -0.4 is 10.6 Å². The Kier molecular flexibility index (Phi) is 7.94. The fourth-order valence-electron chi connectivity index (χ4n) is 4.88. The van der Waals surface area contributed by atoms with Gasteiger partial charge < -0.3 is 15.5 Å². The van der Waals surface area contributed by atoms with E-state index in [9.17, 15) is 0 Å². The Hall–Kier alpha value is -4.16. The highest BCUT2D eigenvalue weighted by atomic mass is 32.1. The number of thiophene rings is 1. The van der Waals surface area contributed by atoms with Crippen molar-refractivity contribution in [3.8, 4) is 11.3 Å². The minimum absolute atomic E-state index is 0.550. The summed E-state index contributed by atoms with van der Waals surface area (Å²) in [5.41, 5.74) is 9.44. The van der Waals surface area contributed by atoms with E-state index in [0.717, 1.165) is 51.7 Å². The first kappa shape index (κ1) is 26.4. The Morgan fingerprint density at radius 2 is 1.87 bits per heavy atom. The minimum Gasteiger partial charge on any atom is -0.371 e. The van der Waals surface area contributed by atoms with E-state index in [2.05, 4.69) is 71.4 Å². The smallest absolute Gasteiger partial charge is 0.227 e. The number of rotatable bonds is 10. The molecular weight excluding hydrogens is 498 g/mol. The SMILES string of the molecule is C=CCN(C)C(=C)c1ccc(Nc2nccc(-c3cccc(NC(=C)c4cc5c(s4)CCCC5)c3C)n2)cc1. The van der Waals surface area contributed by atoms with Crippen molar-refractivity contribution >= 4 is 40.1 Å². The first-order chi connectivity index (χ1) is 18.9. The molecule has 0 aliphatic heterocycles. The van der Waals surface area contributed by atoms with Crippen LogP contribution in [0, 0.1) is 6.92 Å². The van der Waals surface area contributed by atoms with Gasteiger partial charge in [0.25, 0.3) is 0 Å². The zero-order chi connectivity index (χ0) is 27.4. The first-order valence-corrected chi connectivity index (χ1v) is 14.1. The van der Waals surface area contributed by atoms with E-state index in [1.165, 1.54) is 41.0 Å². The van der Waals surface area contributed by atoms with E-state index in [1.54, 1.807) is 6.20 Å². The van der Waals surface area contributed by atoms with E-state index < -0.39 is 0 Å². The van der Waals surface area contributed by atoms with Crippen molar-refractivity contribution < 1.29 is 0 Å². The van der Waals surface area contributed by atoms with Gasteiger partial charge in [-0.2, -0.15) is 0 Å². The summed E-state index contributed by atoms with van der Waals surface area (Å²) in [5.74, 6) is 0.550. The highest BCUT2D eigenvalue weighted by molar-refractivity contribution is 7.13. The molecule has 39 heavy (non-hydrogen) atoms. The molecule has 2 aromatic heterocycles. The van der Waals surface area contributed by atoms with Gasteiger partial charge in [-0.1, -0.05) is 43.5 Å². The van der Waals surface area contributed by atoms with Crippen molar-refractivity contribution in [2.45, 2.75) is 32.6 Å². The van der Waals surface area contributed by atoms with Crippen LogP contribution in [0.5, 0.6) is 0 Å². The van der Waals surface area contributed by atoms with Crippen LogP contribution in [0.1, 0.15) is 39.3 Å². The number of nitrogens with one attached hydrogen (secondary N) is 2. The fraction of sp³-hybridized carbons (Fsp3) is 0.212. The fourth-order valence-corrected chi connectivity index (χ4v) is 6.06. The van der Waals surface area contributed by atoms with Crippen LogP contribution in [0.15, 0.2) is 86.6 Å². The highest BCUT2D eigenvalue weighted by Crippen LogP contribution is 2.35. The minimum atomic E-state index is 0.550. The maximum absolute atomic E-state index is 4.82. The van der Waals surface area contributed by atoms with Crippen molar-refractivity contribution in [1.82, 2.24) is 14.9 Å². The average Bonchev–Trinajstić information content (AvgIpc) is 3.39. The average molecular weight is 534 g/mol. The molecular formula is C33H35N5S. The third-order valence-electron chi connectivity index (χ3n) is 7.18. The molecule has 4 aromatic rings. The Morgan fingerprint density at radius 3 is 2.64 bits per heavy atom. The molecule has 0 saturated heterocycles. The monoisotopic (exact) mass is 533 g/mol. The summed E-state index contributed by atoms with van der Waals surface area (Å²) in [7, 11) is 2.01. The van der Waals surface area contributed by atoms with E-state index in [4.69, 9.17) is 4.98 Å². The van der Waals surface area contributed by atoms with Gasteiger partial charge in [0.05, 0.1) is 10.6 Å². The second kappa shape index (κ2) is 11.7. The molecule has 2 heterocycles. The highest BCUT2D eigenvalue weighted by Gasteiger charge is 2.16. The number of fused-ring (bicyclic) bond motifs is 1. The van der Waals surface area contributed by atoms with E-state index in [-0.39, 0.29) is 0 Å². The number of benzene rings is 2. The van der Waals surface area contributed by atoms with Gasteiger partial charge in [0.1, 0.15) is 0 Å². The predicted octanol–water partition coefficient (Wildman–Crippen LogP) is 8.31. The number of hydrogen-bond donors (Lipinski definition) is 2. The number of aryl methyl sites for hydroxylation is 2. The normalized spacial score (nSPS) is 12.4. The molecule has 0 unspecified atom stereocenters. The summed E-state index contributed by atoms with van der Waals surface area (Å²) in [5, 5.41) is 6.91. The zero-order valence-corrected chi connectivity index (χ0v) is 23.6. The molecule has 0 bridgehead atoms. The molecule has 0 fully saturated rings. The summed E-state index contributed by atoms with van der Waals surface area (Å²) in [6, 6.07) is 18.6. The predicted molar refractivity (Wildman–Crippen MR) is 167 cm³/mol. The largest absolute Gasteiger partial charge is 0.371 e. The lowest BCUT2D eigenvalue weighted by Crippen LogP contribution is -2.15. The molecule has 198 valence electrons. The van der Waals surface area contributed by atoms with Crippen LogP contribution in [-0.2, 0) is 12.8 Å². The number of aromatic nitrogens is 2. The van der Waals surface area contributed by atoms with Gasteiger partial charge in [0.15, 0.2) is 0 Å². The third-order valence-corrected chi connectivity index (χ3v) is 8.48. The van der Waals surface area contributed by atoms with E-state index >= 15 is 0 Å². The molecule has 2 N–H and O–H groups in total. The number of likely N-dealkylation sites (N-methyl/N-ethyl adjacent to an activating group) is 1. The Balaban J connectivity index is 1.31. The van der Waals surface area contributed by atoms with Crippen LogP contribution in [-0.4, -0.2) is 28.5 Å². The van der Waals surface area contributed by atoms with Crippen molar-refractivity contribution in [3.05, 3.63) is 113 Å². The molecule has 6 heteroatoms. The van der Waals surface area contributed by atoms with Crippen molar-refractivity contribution in [3.63, 3.8) is 0 Å². The zero-order valence-electron chi connectivity index (χ0n) is 22.8. The van der Waals surface area contributed by atoms with Gasteiger partial charge >= 0.3 is 0 Å². The van der Waals surface area contributed by atoms with Crippen LogP contribution in [0.4, 0.5) is 17.3 Å². The Labute approximate surface area is 235 Å². The Bertz CT molecular complexity index is 1490. The van der Waals surface area contributed by atoms with Crippen molar-refractivity contribution in [2.75, 3.05) is 24.2 Å².